The second-order valence-electron chi connectivity index (χ2n) is 7.26. The number of fused-ring (bicyclic) bond motifs is 1. The number of H-pyrrole nitrogens is 1. The molecule has 1 aliphatic heterocycles. The lowest BCUT2D eigenvalue weighted by Gasteiger charge is -2.35. The Labute approximate surface area is 185 Å². The average Bonchev–Trinajstić information content (AvgIpc) is 3.31. The molecule has 2 heterocycles. The van der Waals surface area contributed by atoms with Crippen molar-refractivity contribution in [3.05, 3.63) is 71.3 Å². The maximum atomic E-state index is 13.3. The molecule has 1 aliphatic rings. The standard InChI is InChI=1S/C23H24N4O5/c1-30-17-10-15(11-18(12-17)31-2)21-20-19(24-13-25-20)7-8-27(21)23(29)26-16-6-4-5-14(9-16)22(28)32-3/h4-6,9-13,21H,7-8H2,1-3H3,(H,24,25)(H,26,29)/t21-/m0/s1. The van der Waals surface area contributed by atoms with Gasteiger partial charge in [0.25, 0.3) is 0 Å². The molecule has 0 saturated carbocycles. The van der Waals surface area contributed by atoms with Crippen LogP contribution in [0.4, 0.5) is 10.5 Å². The van der Waals surface area contributed by atoms with Gasteiger partial charge in [0.1, 0.15) is 17.5 Å². The molecule has 0 fully saturated rings. The number of amides is 2. The summed E-state index contributed by atoms with van der Waals surface area (Å²) in [4.78, 5) is 34.5. The largest absolute Gasteiger partial charge is 0.497 e. The molecular weight excluding hydrogens is 412 g/mol. The number of hydrogen-bond donors (Lipinski definition) is 2. The Morgan fingerprint density at radius 1 is 1.09 bits per heavy atom. The highest BCUT2D eigenvalue weighted by Crippen LogP contribution is 2.37. The van der Waals surface area contributed by atoms with Crippen molar-refractivity contribution < 1.29 is 23.8 Å². The third-order valence-electron chi connectivity index (χ3n) is 5.41. The van der Waals surface area contributed by atoms with E-state index in [1.165, 1.54) is 7.11 Å². The van der Waals surface area contributed by atoms with Gasteiger partial charge in [0, 0.05) is 30.4 Å². The second-order valence-corrected chi connectivity index (χ2v) is 7.26. The summed E-state index contributed by atoms with van der Waals surface area (Å²) in [6.45, 7) is 0.474. The third kappa shape index (κ3) is 4.09. The van der Waals surface area contributed by atoms with Crippen LogP contribution in [0.1, 0.15) is 33.4 Å². The van der Waals surface area contributed by atoms with Crippen molar-refractivity contribution in [2.75, 3.05) is 33.2 Å². The van der Waals surface area contributed by atoms with Crippen molar-refractivity contribution >= 4 is 17.7 Å². The van der Waals surface area contributed by atoms with Gasteiger partial charge in [0.05, 0.1) is 38.9 Å². The predicted molar refractivity (Wildman–Crippen MR) is 117 cm³/mol. The van der Waals surface area contributed by atoms with Crippen molar-refractivity contribution in [2.45, 2.75) is 12.5 Å². The highest BCUT2D eigenvalue weighted by molar-refractivity contribution is 5.94. The molecule has 0 radical (unpaired) electrons. The lowest BCUT2D eigenvalue weighted by molar-refractivity contribution is 0.0600. The van der Waals surface area contributed by atoms with Crippen LogP contribution in [-0.4, -0.2) is 54.7 Å². The molecule has 3 aromatic rings. The van der Waals surface area contributed by atoms with Crippen LogP contribution in [0.15, 0.2) is 48.8 Å². The van der Waals surface area contributed by atoms with Crippen LogP contribution >= 0.6 is 0 Å². The molecule has 0 unspecified atom stereocenters. The zero-order chi connectivity index (χ0) is 22.7. The number of imidazole rings is 1. The van der Waals surface area contributed by atoms with Gasteiger partial charge < -0.3 is 29.4 Å². The van der Waals surface area contributed by atoms with Crippen molar-refractivity contribution in [2.24, 2.45) is 0 Å². The highest BCUT2D eigenvalue weighted by atomic mass is 16.5. The molecule has 2 N–H and O–H groups in total. The first-order valence-corrected chi connectivity index (χ1v) is 10.0. The number of urea groups is 1. The van der Waals surface area contributed by atoms with Crippen molar-refractivity contribution in [1.82, 2.24) is 14.9 Å². The molecule has 1 atom stereocenters. The number of hydrogen-bond acceptors (Lipinski definition) is 6. The fourth-order valence-electron chi connectivity index (χ4n) is 3.86. The predicted octanol–water partition coefficient (Wildman–Crippen LogP) is 3.39. The number of nitrogens with zero attached hydrogens (tertiary/aromatic N) is 2. The van der Waals surface area contributed by atoms with Gasteiger partial charge in [-0.15, -0.1) is 0 Å². The smallest absolute Gasteiger partial charge is 0.337 e. The normalized spacial score (nSPS) is 15.0. The number of methoxy groups -OCH3 is 3. The quantitative estimate of drug-likeness (QED) is 0.594. The Bertz CT molecular complexity index is 1120. The summed E-state index contributed by atoms with van der Waals surface area (Å²) >= 11 is 0. The van der Waals surface area contributed by atoms with Gasteiger partial charge >= 0.3 is 12.0 Å². The van der Waals surface area contributed by atoms with E-state index in [0.29, 0.717) is 35.7 Å². The Morgan fingerprint density at radius 2 is 1.84 bits per heavy atom. The fourth-order valence-corrected chi connectivity index (χ4v) is 3.86. The zero-order valence-corrected chi connectivity index (χ0v) is 18.0. The van der Waals surface area contributed by atoms with Crippen LogP contribution < -0.4 is 14.8 Å². The lowest BCUT2D eigenvalue weighted by atomic mass is 9.95. The monoisotopic (exact) mass is 436 g/mol. The number of rotatable bonds is 5. The molecule has 0 bridgehead atoms. The van der Waals surface area contributed by atoms with E-state index in [2.05, 4.69) is 15.3 Å². The minimum atomic E-state index is -0.471. The molecule has 0 spiro atoms. The lowest BCUT2D eigenvalue weighted by Crippen LogP contribution is -2.43. The third-order valence-corrected chi connectivity index (χ3v) is 5.41. The number of nitrogens with one attached hydrogen (secondary N) is 2. The van der Waals surface area contributed by atoms with E-state index in [0.717, 1.165) is 17.0 Å². The van der Waals surface area contributed by atoms with Gasteiger partial charge in [-0.25, -0.2) is 14.6 Å². The van der Waals surface area contributed by atoms with Crippen LogP contribution in [0.5, 0.6) is 11.5 Å². The van der Waals surface area contributed by atoms with Crippen LogP contribution in [0.3, 0.4) is 0 Å². The van der Waals surface area contributed by atoms with Crippen LogP contribution in [0.2, 0.25) is 0 Å². The molecular formula is C23H24N4O5. The Hall–Kier alpha value is -4.01. The summed E-state index contributed by atoms with van der Waals surface area (Å²) in [6, 6.07) is 11.4. The topological polar surface area (TPSA) is 106 Å². The van der Waals surface area contributed by atoms with Crippen molar-refractivity contribution in [3.8, 4) is 11.5 Å². The summed E-state index contributed by atoms with van der Waals surface area (Å²) in [7, 11) is 4.48. The van der Waals surface area contributed by atoms with Gasteiger partial charge in [-0.2, -0.15) is 0 Å². The van der Waals surface area contributed by atoms with Gasteiger partial charge in [0.15, 0.2) is 0 Å². The molecule has 32 heavy (non-hydrogen) atoms. The summed E-state index contributed by atoms with van der Waals surface area (Å²) in [5.41, 5.74) is 3.41. The minimum absolute atomic E-state index is 0.313. The molecule has 0 saturated heterocycles. The maximum absolute atomic E-state index is 13.3. The van der Waals surface area contributed by atoms with Crippen LogP contribution in [0.25, 0.3) is 0 Å². The number of carbonyl (C=O) groups is 2. The maximum Gasteiger partial charge on any atom is 0.337 e. The number of carbonyl (C=O) groups excluding carboxylic acids is 2. The van der Waals surface area contributed by atoms with Gasteiger partial charge in [0.2, 0.25) is 0 Å². The van der Waals surface area contributed by atoms with E-state index in [4.69, 9.17) is 14.2 Å². The molecule has 1 aromatic heterocycles. The van der Waals surface area contributed by atoms with E-state index in [-0.39, 0.29) is 6.03 Å². The Balaban J connectivity index is 1.68. The van der Waals surface area contributed by atoms with E-state index >= 15 is 0 Å². The van der Waals surface area contributed by atoms with E-state index in [9.17, 15) is 9.59 Å². The summed E-state index contributed by atoms with van der Waals surface area (Å²) in [5.74, 6) is 0.767. The first kappa shape index (κ1) is 21.2. The zero-order valence-electron chi connectivity index (χ0n) is 18.0. The number of esters is 1. The van der Waals surface area contributed by atoms with E-state index < -0.39 is 12.0 Å². The number of benzene rings is 2. The van der Waals surface area contributed by atoms with E-state index in [1.807, 2.05) is 12.1 Å². The van der Waals surface area contributed by atoms with Crippen LogP contribution in [-0.2, 0) is 11.2 Å². The molecule has 2 amide bonds. The molecule has 166 valence electrons. The number of aromatic amines is 1. The average molecular weight is 436 g/mol. The number of anilines is 1. The number of ether oxygens (including phenoxy) is 3. The van der Waals surface area contributed by atoms with E-state index in [1.54, 1.807) is 55.8 Å². The first-order chi connectivity index (χ1) is 15.5. The first-order valence-electron chi connectivity index (χ1n) is 10.0. The molecule has 9 heteroatoms. The Morgan fingerprint density at radius 3 is 2.53 bits per heavy atom. The van der Waals surface area contributed by atoms with Gasteiger partial charge in [-0.1, -0.05) is 6.07 Å². The molecule has 9 nitrogen and oxygen atoms in total. The van der Waals surface area contributed by atoms with Crippen LogP contribution in [0, 0.1) is 0 Å². The second kappa shape index (κ2) is 9.01. The SMILES string of the molecule is COC(=O)c1cccc(NC(=O)N2CCc3[nH]cnc3[C@@H]2c2cc(OC)cc(OC)c2)c1. The summed E-state index contributed by atoms with van der Waals surface area (Å²) in [5, 5.41) is 2.89. The van der Waals surface area contributed by atoms with Crippen molar-refractivity contribution in [3.63, 3.8) is 0 Å². The summed E-state index contributed by atoms with van der Waals surface area (Å²) < 4.78 is 15.6. The van der Waals surface area contributed by atoms with Gasteiger partial charge in [-0.05, 0) is 35.9 Å². The molecule has 4 rings (SSSR count). The van der Waals surface area contributed by atoms with Crippen molar-refractivity contribution in [1.29, 1.82) is 0 Å². The van der Waals surface area contributed by atoms with Gasteiger partial charge in [-0.3, -0.25) is 0 Å². The number of aromatic nitrogens is 2. The fraction of sp³-hybridized carbons (Fsp3) is 0.261. The molecule has 2 aromatic carbocycles. The molecule has 0 aliphatic carbocycles. The minimum Gasteiger partial charge on any atom is -0.497 e. The Kier molecular flexibility index (Phi) is 5.98. The summed E-state index contributed by atoms with van der Waals surface area (Å²) in [6.07, 6.45) is 2.28. The highest BCUT2D eigenvalue weighted by Gasteiger charge is 2.35.